The van der Waals surface area contributed by atoms with Gasteiger partial charge in [0.2, 0.25) is 0 Å². The summed E-state index contributed by atoms with van der Waals surface area (Å²) in [4.78, 5) is 2.48. The highest BCUT2D eigenvalue weighted by Gasteiger charge is 2.36. The maximum absolute atomic E-state index is 5.74. The summed E-state index contributed by atoms with van der Waals surface area (Å²) in [7, 11) is 0. The van der Waals surface area contributed by atoms with E-state index in [9.17, 15) is 0 Å². The van der Waals surface area contributed by atoms with Gasteiger partial charge in [0, 0.05) is 43.0 Å². The molecule has 0 aromatic carbocycles. The Hall–Kier alpha value is -0.870. The Bertz CT molecular complexity index is 371. The second-order valence-corrected chi connectivity index (χ2v) is 6.07. The molecule has 0 radical (unpaired) electrons. The van der Waals surface area contributed by atoms with E-state index in [1.165, 1.54) is 5.69 Å². The number of hydrogen-bond donors (Lipinski definition) is 1. The van der Waals surface area contributed by atoms with Gasteiger partial charge in [0.15, 0.2) is 0 Å². The molecule has 1 saturated heterocycles. The third-order valence-electron chi connectivity index (χ3n) is 3.72. The van der Waals surface area contributed by atoms with Crippen molar-refractivity contribution in [2.45, 2.75) is 45.2 Å². The van der Waals surface area contributed by atoms with Crippen molar-refractivity contribution in [1.29, 1.82) is 0 Å². The highest BCUT2D eigenvalue weighted by atomic mass is 15.4. The van der Waals surface area contributed by atoms with E-state index >= 15 is 0 Å². The number of rotatable bonds is 3. The molecule has 1 aliphatic rings. The minimum Gasteiger partial charge on any atom is -0.330 e. The average molecular weight is 236 g/mol. The Labute approximate surface area is 104 Å². The number of nitrogens with zero attached hydrogens (tertiary/aromatic N) is 3. The summed E-state index contributed by atoms with van der Waals surface area (Å²) in [6.07, 6.45) is 1.89. The van der Waals surface area contributed by atoms with Crippen molar-refractivity contribution in [2.75, 3.05) is 19.6 Å². The average Bonchev–Trinajstić information content (AvgIpc) is 2.60. The lowest BCUT2D eigenvalue weighted by Crippen LogP contribution is -2.56. The normalized spacial score (nSPS) is 20.3. The van der Waals surface area contributed by atoms with Crippen LogP contribution in [0.5, 0.6) is 0 Å². The summed E-state index contributed by atoms with van der Waals surface area (Å²) >= 11 is 0. The smallest absolute Gasteiger partial charge is 0.0776 e. The zero-order valence-corrected chi connectivity index (χ0v) is 11.3. The van der Waals surface area contributed by atoms with E-state index in [1.807, 2.05) is 6.20 Å². The predicted octanol–water partition coefficient (Wildman–Crippen LogP) is 1.60. The molecule has 0 saturated carbocycles. The predicted molar refractivity (Wildman–Crippen MR) is 70.1 cm³/mol. The van der Waals surface area contributed by atoms with Gasteiger partial charge >= 0.3 is 0 Å². The van der Waals surface area contributed by atoms with Crippen LogP contribution in [0.4, 0.5) is 0 Å². The van der Waals surface area contributed by atoms with Crippen LogP contribution in [0.3, 0.4) is 0 Å². The van der Waals surface area contributed by atoms with Crippen LogP contribution in [0.15, 0.2) is 12.3 Å². The van der Waals surface area contributed by atoms with Gasteiger partial charge in [-0.15, -0.1) is 0 Å². The number of nitrogens with two attached hydrogens (primary N) is 1. The van der Waals surface area contributed by atoms with Gasteiger partial charge in [-0.2, -0.15) is 5.10 Å². The van der Waals surface area contributed by atoms with Gasteiger partial charge < -0.3 is 5.73 Å². The van der Waals surface area contributed by atoms with Crippen LogP contribution in [0.2, 0.25) is 0 Å². The van der Waals surface area contributed by atoms with E-state index in [4.69, 9.17) is 5.73 Å². The first-order chi connectivity index (χ1) is 7.93. The summed E-state index contributed by atoms with van der Waals surface area (Å²) in [6, 6.07) is 2.62. The Morgan fingerprint density at radius 1 is 1.47 bits per heavy atom. The van der Waals surface area contributed by atoms with Gasteiger partial charge in [0.1, 0.15) is 0 Å². The molecular weight excluding hydrogens is 212 g/mol. The molecule has 2 heterocycles. The van der Waals surface area contributed by atoms with Crippen LogP contribution in [0, 0.1) is 0 Å². The third kappa shape index (κ3) is 2.38. The number of hydrogen-bond acceptors (Lipinski definition) is 3. The molecule has 0 bridgehead atoms. The van der Waals surface area contributed by atoms with Gasteiger partial charge in [0.25, 0.3) is 0 Å². The molecule has 1 atom stereocenters. The molecule has 2 rings (SSSR count). The van der Waals surface area contributed by atoms with Gasteiger partial charge in [-0.25, -0.2) is 0 Å². The molecule has 1 aromatic rings. The molecule has 1 aromatic heterocycles. The molecule has 4 nitrogen and oxygen atoms in total. The molecule has 17 heavy (non-hydrogen) atoms. The van der Waals surface area contributed by atoms with Gasteiger partial charge in [0.05, 0.1) is 6.04 Å². The molecule has 2 N–H and O–H groups in total. The van der Waals surface area contributed by atoms with Gasteiger partial charge in [-0.3, -0.25) is 9.58 Å². The van der Waals surface area contributed by atoms with Crippen molar-refractivity contribution in [3.8, 4) is 0 Å². The lowest BCUT2D eigenvalue weighted by molar-refractivity contribution is 0.0140. The quantitative estimate of drug-likeness (QED) is 0.867. The second kappa shape index (κ2) is 4.42. The van der Waals surface area contributed by atoms with Crippen LogP contribution in [0.1, 0.15) is 45.3 Å². The molecule has 4 heteroatoms. The molecule has 1 fully saturated rings. The highest BCUT2D eigenvalue weighted by molar-refractivity contribution is 5.10. The Balaban J connectivity index is 2.04. The van der Waals surface area contributed by atoms with Crippen molar-refractivity contribution in [3.63, 3.8) is 0 Å². The Morgan fingerprint density at radius 3 is 2.65 bits per heavy atom. The highest BCUT2D eigenvalue weighted by Crippen LogP contribution is 2.30. The van der Waals surface area contributed by atoms with Crippen LogP contribution in [0.25, 0.3) is 0 Å². The molecule has 1 aliphatic heterocycles. The topological polar surface area (TPSA) is 47.1 Å². The number of aromatic nitrogens is 2. The SMILES string of the molecule is CC(CN)c1ccnn1C1CN(C(C)(C)C)C1. The summed E-state index contributed by atoms with van der Waals surface area (Å²) in [5.41, 5.74) is 7.27. The summed E-state index contributed by atoms with van der Waals surface area (Å²) < 4.78 is 2.17. The lowest BCUT2D eigenvalue weighted by atomic mass is 9.97. The van der Waals surface area contributed by atoms with Crippen molar-refractivity contribution >= 4 is 0 Å². The van der Waals surface area contributed by atoms with Gasteiger partial charge in [-0.05, 0) is 26.8 Å². The second-order valence-electron chi connectivity index (χ2n) is 6.07. The van der Waals surface area contributed by atoms with Crippen molar-refractivity contribution in [3.05, 3.63) is 18.0 Å². The zero-order chi connectivity index (χ0) is 12.6. The van der Waals surface area contributed by atoms with E-state index in [2.05, 4.69) is 48.4 Å². The fraction of sp³-hybridized carbons (Fsp3) is 0.769. The first-order valence-electron chi connectivity index (χ1n) is 6.42. The van der Waals surface area contributed by atoms with E-state index in [1.54, 1.807) is 0 Å². The summed E-state index contributed by atoms with van der Waals surface area (Å²) in [5, 5.41) is 4.46. The molecular formula is C13H24N4. The minimum atomic E-state index is 0.267. The van der Waals surface area contributed by atoms with E-state index in [0.29, 0.717) is 18.5 Å². The van der Waals surface area contributed by atoms with Crippen LogP contribution in [-0.2, 0) is 0 Å². The van der Waals surface area contributed by atoms with E-state index in [0.717, 1.165) is 13.1 Å². The fourth-order valence-corrected chi connectivity index (χ4v) is 2.30. The summed E-state index contributed by atoms with van der Waals surface area (Å²) in [6.45, 7) is 11.8. The maximum atomic E-state index is 5.74. The standard InChI is InChI=1S/C13H24N4/c1-10(7-14)12-5-6-15-17(12)11-8-16(9-11)13(2,3)4/h5-6,10-11H,7-9,14H2,1-4H3. The first kappa shape index (κ1) is 12.6. The Kier molecular flexibility index (Phi) is 3.27. The van der Waals surface area contributed by atoms with Crippen LogP contribution < -0.4 is 5.73 Å². The van der Waals surface area contributed by atoms with Gasteiger partial charge in [-0.1, -0.05) is 6.92 Å². The minimum absolute atomic E-state index is 0.267. The lowest BCUT2D eigenvalue weighted by Gasteiger charge is -2.48. The fourth-order valence-electron chi connectivity index (χ4n) is 2.30. The molecule has 0 aliphatic carbocycles. The van der Waals surface area contributed by atoms with Crippen LogP contribution in [-0.4, -0.2) is 39.9 Å². The third-order valence-corrected chi connectivity index (χ3v) is 3.72. The molecule has 1 unspecified atom stereocenters. The summed E-state index contributed by atoms with van der Waals surface area (Å²) in [5.74, 6) is 0.390. The Morgan fingerprint density at radius 2 is 2.12 bits per heavy atom. The van der Waals surface area contributed by atoms with Crippen LogP contribution >= 0.6 is 0 Å². The molecule has 0 spiro atoms. The largest absolute Gasteiger partial charge is 0.330 e. The zero-order valence-electron chi connectivity index (χ0n) is 11.3. The van der Waals surface area contributed by atoms with E-state index in [-0.39, 0.29) is 5.54 Å². The maximum Gasteiger partial charge on any atom is 0.0776 e. The monoisotopic (exact) mass is 236 g/mol. The number of likely N-dealkylation sites (tertiary alicyclic amines) is 1. The van der Waals surface area contributed by atoms with Crippen molar-refractivity contribution < 1.29 is 0 Å². The molecule has 96 valence electrons. The molecule has 0 amide bonds. The first-order valence-corrected chi connectivity index (χ1v) is 6.42. The van der Waals surface area contributed by atoms with Crippen molar-refractivity contribution in [2.24, 2.45) is 5.73 Å². The van der Waals surface area contributed by atoms with E-state index < -0.39 is 0 Å². The van der Waals surface area contributed by atoms with Crippen molar-refractivity contribution in [1.82, 2.24) is 14.7 Å².